The summed E-state index contributed by atoms with van der Waals surface area (Å²) in [6, 6.07) is 3.44. The van der Waals surface area contributed by atoms with Crippen LogP contribution in [-0.2, 0) is 23.6 Å². The average molecular weight is 370 g/mol. The zero-order chi connectivity index (χ0) is 17.3. The number of nitrogens with zero attached hydrogens (tertiary/aromatic N) is 5. The molecule has 0 saturated carbocycles. The van der Waals surface area contributed by atoms with Gasteiger partial charge in [-0.05, 0) is 38.4 Å². The standard InChI is InChI=1S/C15H23N5O2S2/c1-18(2)11-13-16-17-15(19(13)3)12-6-4-8-20(10-12)24(21,22)14-7-5-9-23-14/h5,7,9,12H,4,6,8,10-11H2,1-3H3/t12-/m1/s1. The largest absolute Gasteiger partial charge is 0.317 e. The summed E-state index contributed by atoms with van der Waals surface area (Å²) in [5.74, 6) is 1.85. The van der Waals surface area contributed by atoms with Crippen LogP contribution in [0.25, 0.3) is 0 Å². The Balaban J connectivity index is 1.80. The van der Waals surface area contributed by atoms with E-state index in [9.17, 15) is 8.42 Å². The van der Waals surface area contributed by atoms with Crippen LogP contribution in [-0.4, -0.2) is 59.6 Å². The van der Waals surface area contributed by atoms with Gasteiger partial charge < -0.3 is 9.47 Å². The van der Waals surface area contributed by atoms with E-state index in [2.05, 4.69) is 10.2 Å². The molecule has 0 unspecified atom stereocenters. The van der Waals surface area contributed by atoms with Crippen LogP contribution in [0, 0.1) is 0 Å². The lowest BCUT2D eigenvalue weighted by atomic mass is 9.99. The van der Waals surface area contributed by atoms with Gasteiger partial charge in [-0.3, -0.25) is 0 Å². The normalized spacial score (nSPS) is 19.9. The van der Waals surface area contributed by atoms with Crippen molar-refractivity contribution in [2.75, 3.05) is 27.2 Å². The Morgan fingerprint density at radius 2 is 2.17 bits per heavy atom. The van der Waals surface area contributed by atoms with Crippen LogP contribution < -0.4 is 0 Å². The van der Waals surface area contributed by atoms with E-state index in [4.69, 9.17) is 0 Å². The molecule has 24 heavy (non-hydrogen) atoms. The van der Waals surface area contributed by atoms with Crippen LogP contribution in [0.4, 0.5) is 0 Å². The number of hydrogen-bond acceptors (Lipinski definition) is 6. The maximum Gasteiger partial charge on any atom is 0.252 e. The van der Waals surface area contributed by atoms with Gasteiger partial charge in [0.15, 0.2) is 0 Å². The Labute approximate surface area is 147 Å². The van der Waals surface area contributed by atoms with Gasteiger partial charge in [0.2, 0.25) is 0 Å². The molecule has 0 bridgehead atoms. The molecule has 3 heterocycles. The number of thiophene rings is 1. The minimum Gasteiger partial charge on any atom is -0.317 e. The van der Waals surface area contributed by atoms with Crippen molar-refractivity contribution in [3.63, 3.8) is 0 Å². The molecule has 1 aliphatic heterocycles. The zero-order valence-electron chi connectivity index (χ0n) is 14.2. The first-order valence-corrected chi connectivity index (χ1v) is 10.3. The van der Waals surface area contributed by atoms with Crippen molar-refractivity contribution in [2.45, 2.75) is 29.5 Å². The summed E-state index contributed by atoms with van der Waals surface area (Å²) in [5, 5.41) is 10.4. The molecule has 0 spiro atoms. The molecular formula is C15H23N5O2S2. The molecule has 0 aromatic carbocycles. The highest BCUT2D eigenvalue weighted by Crippen LogP contribution is 2.30. The van der Waals surface area contributed by atoms with Gasteiger partial charge in [0.25, 0.3) is 10.0 Å². The van der Waals surface area contributed by atoms with Crippen molar-refractivity contribution in [1.29, 1.82) is 0 Å². The molecule has 0 aliphatic carbocycles. The van der Waals surface area contributed by atoms with Crippen molar-refractivity contribution in [1.82, 2.24) is 24.0 Å². The third kappa shape index (κ3) is 3.39. The van der Waals surface area contributed by atoms with Crippen LogP contribution in [0.5, 0.6) is 0 Å². The van der Waals surface area contributed by atoms with Crippen LogP contribution >= 0.6 is 11.3 Å². The van der Waals surface area contributed by atoms with Gasteiger partial charge in [0.05, 0.1) is 6.54 Å². The van der Waals surface area contributed by atoms with Gasteiger partial charge >= 0.3 is 0 Å². The Kier molecular flexibility index (Phi) is 5.05. The van der Waals surface area contributed by atoms with Crippen molar-refractivity contribution in [3.8, 4) is 0 Å². The predicted octanol–water partition coefficient (Wildman–Crippen LogP) is 1.51. The summed E-state index contributed by atoms with van der Waals surface area (Å²) in [7, 11) is 2.54. The molecule has 3 rings (SSSR count). The first-order chi connectivity index (χ1) is 11.4. The van der Waals surface area contributed by atoms with E-state index in [1.165, 1.54) is 11.3 Å². The molecule has 0 amide bonds. The van der Waals surface area contributed by atoms with Crippen molar-refractivity contribution < 1.29 is 8.42 Å². The minimum atomic E-state index is -3.40. The van der Waals surface area contributed by atoms with Crippen LogP contribution in [0.2, 0.25) is 0 Å². The molecular weight excluding hydrogens is 346 g/mol. The number of rotatable bonds is 5. The van der Waals surface area contributed by atoms with Gasteiger partial charge in [-0.1, -0.05) is 6.07 Å². The lowest BCUT2D eigenvalue weighted by molar-refractivity contribution is 0.305. The van der Waals surface area contributed by atoms with Gasteiger partial charge in [-0.2, -0.15) is 4.31 Å². The maximum absolute atomic E-state index is 12.7. The van der Waals surface area contributed by atoms with Gasteiger partial charge in [0.1, 0.15) is 15.9 Å². The summed E-state index contributed by atoms with van der Waals surface area (Å²) < 4.78 is 29.5. The molecule has 0 N–H and O–H groups in total. The minimum absolute atomic E-state index is 0.0851. The van der Waals surface area contributed by atoms with E-state index in [1.54, 1.807) is 21.8 Å². The fraction of sp³-hybridized carbons (Fsp3) is 0.600. The van der Waals surface area contributed by atoms with Gasteiger partial charge in [-0.15, -0.1) is 21.5 Å². The predicted molar refractivity (Wildman–Crippen MR) is 93.4 cm³/mol. The van der Waals surface area contributed by atoms with E-state index in [0.717, 1.165) is 24.5 Å². The molecule has 1 saturated heterocycles. The first-order valence-electron chi connectivity index (χ1n) is 7.96. The summed E-state index contributed by atoms with van der Waals surface area (Å²) in [5.41, 5.74) is 0. The van der Waals surface area contributed by atoms with Crippen molar-refractivity contribution >= 4 is 21.4 Å². The van der Waals surface area contributed by atoms with Crippen molar-refractivity contribution in [2.24, 2.45) is 7.05 Å². The number of piperidine rings is 1. The second-order valence-corrected chi connectivity index (χ2v) is 9.52. The monoisotopic (exact) mass is 369 g/mol. The van der Waals surface area contributed by atoms with Gasteiger partial charge in [-0.25, -0.2) is 8.42 Å². The van der Waals surface area contributed by atoms with Crippen LogP contribution in [0.3, 0.4) is 0 Å². The Morgan fingerprint density at radius 3 is 2.83 bits per heavy atom. The molecule has 0 radical (unpaired) electrons. The third-order valence-corrected chi connectivity index (χ3v) is 7.53. The fourth-order valence-electron chi connectivity index (χ4n) is 3.06. The fourth-order valence-corrected chi connectivity index (χ4v) is 5.73. The number of sulfonamides is 1. The summed E-state index contributed by atoms with van der Waals surface area (Å²) in [6.07, 6.45) is 1.77. The van der Waals surface area contributed by atoms with Gasteiger partial charge in [0, 0.05) is 26.1 Å². The second kappa shape index (κ2) is 6.91. The van der Waals surface area contributed by atoms with E-state index >= 15 is 0 Å². The Morgan fingerprint density at radius 1 is 1.38 bits per heavy atom. The quantitative estimate of drug-likeness (QED) is 0.799. The summed E-state index contributed by atoms with van der Waals surface area (Å²) in [4.78, 5) is 2.04. The Bertz CT molecular complexity index is 783. The molecule has 1 aliphatic rings. The van der Waals surface area contributed by atoms with E-state index in [0.29, 0.717) is 23.8 Å². The van der Waals surface area contributed by atoms with Crippen molar-refractivity contribution in [3.05, 3.63) is 29.2 Å². The number of aromatic nitrogens is 3. The third-order valence-electron chi connectivity index (χ3n) is 4.29. The zero-order valence-corrected chi connectivity index (χ0v) is 15.8. The van der Waals surface area contributed by atoms with Crippen LogP contribution in [0.1, 0.15) is 30.4 Å². The second-order valence-electron chi connectivity index (χ2n) is 6.41. The lowest BCUT2D eigenvalue weighted by Gasteiger charge is -2.31. The highest BCUT2D eigenvalue weighted by molar-refractivity contribution is 7.91. The Hall–Kier alpha value is -1.29. The SMILES string of the molecule is CN(C)Cc1nnc([C@@H]2CCCN(S(=O)(=O)c3cccs3)C2)n1C. The van der Waals surface area contributed by atoms with E-state index in [-0.39, 0.29) is 5.92 Å². The van der Waals surface area contributed by atoms with E-state index in [1.807, 2.05) is 30.6 Å². The molecule has 2 aromatic heterocycles. The van der Waals surface area contributed by atoms with Crippen LogP contribution in [0.15, 0.2) is 21.7 Å². The molecule has 1 atom stereocenters. The molecule has 9 heteroatoms. The lowest BCUT2D eigenvalue weighted by Crippen LogP contribution is -2.39. The maximum atomic E-state index is 12.7. The molecule has 1 fully saturated rings. The van der Waals surface area contributed by atoms with E-state index < -0.39 is 10.0 Å². The first kappa shape index (κ1) is 17.5. The summed E-state index contributed by atoms with van der Waals surface area (Å²) in [6.45, 7) is 1.75. The highest BCUT2D eigenvalue weighted by Gasteiger charge is 2.33. The topological polar surface area (TPSA) is 71.3 Å². The highest BCUT2D eigenvalue weighted by atomic mass is 32.2. The smallest absolute Gasteiger partial charge is 0.252 e. The molecule has 2 aromatic rings. The average Bonchev–Trinajstić information content (AvgIpc) is 3.19. The molecule has 132 valence electrons. The number of hydrogen-bond donors (Lipinski definition) is 0. The summed E-state index contributed by atoms with van der Waals surface area (Å²) >= 11 is 1.27. The molecule has 7 nitrogen and oxygen atoms in total.